The molecule has 4 heteroatoms. The van der Waals surface area contributed by atoms with Crippen molar-refractivity contribution in [1.29, 1.82) is 0 Å². The van der Waals surface area contributed by atoms with E-state index in [0.29, 0.717) is 0 Å². The predicted octanol–water partition coefficient (Wildman–Crippen LogP) is 1.80. The van der Waals surface area contributed by atoms with Crippen molar-refractivity contribution in [3.63, 3.8) is 0 Å². The van der Waals surface area contributed by atoms with Crippen LogP contribution < -0.4 is 0 Å². The molecular weight excluding hydrogens is 178 g/mol. The summed E-state index contributed by atoms with van der Waals surface area (Å²) in [5.41, 5.74) is 1.53. The largest absolute Gasteiger partial charge is 0.506 e. The van der Waals surface area contributed by atoms with Gasteiger partial charge in [0.2, 0.25) is 0 Å². The van der Waals surface area contributed by atoms with Crippen LogP contribution in [0.3, 0.4) is 0 Å². The van der Waals surface area contributed by atoms with Gasteiger partial charge in [0.05, 0.1) is 11.9 Å². The lowest BCUT2D eigenvalue weighted by atomic mass is 10.1. The first-order valence-corrected chi connectivity index (χ1v) is 4.61. The highest BCUT2D eigenvalue weighted by Gasteiger charge is 2.11. The Morgan fingerprint density at radius 1 is 1.43 bits per heavy atom. The van der Waals surface area contributed by atoms with Gasteiger partial charge in [0, 0.05) is 12.4 Å². The van der Waals surface area contributed by atoms with E-state index >= 15 is 0 Å². The summed E-state index contributed by atoms with van der Waals surface area (Å²) < 4.78 is 1.71. The molecule has 1 N–H and O–H groups in total. The topological polar surface area (TPSA) is 50.9 Å². The SMILES string of the molecule is CC(C)c1nc2c(cnn2C)cc1O. The number of hydrogen-bond acceptors (Lipinski definition) is 3. The Kier molecular flexibility index (Phi) is 1.91. The van der Waals surface area contributed by atoms with Gasteiger partial charge in [0.25, 0.3) is 0 Å². The quantitative estimate of drug-likeness (QED) is 0.747. The monoisotopic (exact) mass is 191 g/mol. The molecule has 0 aliphatic rings. The van der Waals surface area contributed by atoms with Gasteiger partial charge in [0.1, 0.15) is 5.75 Å². The summed E-state index contributed by atoms with van der Waals surface area (Å²) >= 11 is 0. The van der Waals surface area contributed by atoms with E-state index in [-0.39, 0.29) is 11.7 Å². The first-order valence-electron chi connectivity index (χ1n) is 4.61. The Hall–Kier alpha value is -1.58. The van der Waals surface area contributed by atoms with Crippen LogP contribution in [0.1, 0.15) is 25.5 Å². The standard InChI is InChI=1S/C10H13N3O/c1-6(2)9-8(14)4-7-5-11-13(3)10(7)12-9/h4-6,14H,1-3H3. The Bertz CT molecular complexity index is 473. The Labute approximate surface area is 82.2 Å². The van der Waals surface area contributed by atoms with E-state index in [0.717, 1.165) is 16.7 Å². The Balaban J connectivity index is 2.74. The van der Waals surface area contributed by atoms with Crippen LogP contribution in [-0.4, -0.2) is 19.9 Å². The zero-order chi connectivity index (χ0) is 10.3. The second-order valence-electron chi connectivity index (χ2n) is 3.73. The highest BCUT2D eigenvalue weighted by molar-refractivity contribution is 5.76. The summed E-state index contributed by atoms with van der Waals surface area (Å²) in [5.74, 6) is 0.467. The molecule has 0 unspecified atom stereocenters. The summed E-state index contributed by atoms with van der Waals surface area (Å²) in [6.07, 6.45) is 1.70. The van der Waals surface area contributed by atoms with Crippen LogP contribution in [0.5, 0.6) is 5.75 Å². The third kappa shape index (κ3) is 1.23. The van der Waals surface area contributed by atoms with E-state index < -0.39 is 0 Å². The maximum absolute atomic E-state index is 9.69. The fourth-order valence-electron chi connectivity index (χ4n) is 1.50. The normalized spacial score (nSPS) is 11.4. The van der Waals surface area contributed by atoms with Crippen LogP contribution in [0.4, 0.5) is 0 Å². The molecule has 2 heterocycles. The number of aromatic nitrogens is 3. The van der Waals surface area contributed by atoms with Gasteiger partial charge in [-0.3, -0.25) is 4.68 Å². The minimum absolute atomic E-state index is 0.217. The molecule has 0 fully saturated rings. The van der Waals surface area contributed by atoms with Crippen LogP contribution in [0.15, 0.2) is 12.3 Å². The second kappa shape index (κ2) is 2.97. The fraction of sp³-hybridized carbons (Fsp3) is 0.400. The number of aromatic hydroxyl groups is 1. The van der Waals surface area contributed by atoms with Crippen molar-refractivity contribution < 1.29 is 5.11 Å². The molecular formula is C10H13N3O. The molecule has 74 valence electrons. The molecule has 0 spiro atoms. The molecule has 4 nitrogen and oxygen atoms in total. The van der Waals surface area contributed by atoms with E-state index in [9.17, 15) is 5.11 Å². The van der Waals surface area contributed by atoms with E-state index in [1.807, 2.05) is 20.9 Å². The number of hydrogen-bond donors (Lipinski definition) is 1. The zero-order valence-electron chi connectivity index (χ0n) is 8.52. The highest BCUT2D eigenvalue weighted by atomic mass is 16.3. The smallest absolute Gasteiger partial charge is 0.158 e. The van der Waals surface area contributed by atoms with E-state index in [4.69, 9.17) is 0 Å². The van der Waals surface area contributed by atoms with Gasteiger partial charge in [0.15, 0.2) is 5.65 Å². The Morgan fingerprint density at radius 3 is 2.79 bits per heavy atom. The molecule has 0 aliphatic carbocycles. The van der Waals surface area contributed by atoms with Crippen molar-refractivity contribution in [2.24, 2.45) is 7.05 Å². The van der Waals surface area contributed by atoms with Crippen LogP contribution >= 0.6 is 0 Å². The molecule has 0 saturated carbocycles. The van der Waals surface area contributed by atoms with Gasteiger partial charge < -0.3 is 5.11 Å². The molecule has 0 atom stereocenters. The molecule has 2 aromatic heterocycles. The summed E-state index contributed by atoms with van der Waals surface area (Å²) in [5, 5.41) is 14.6. The first kappa shape index (κ1) is 8.99. The van der Waals surface area contributed by atoms with Gasteiger partial charge in [-0.25, -0.2) is 4.98 Å². The van der Waals surface area contributed by atoms with Crippen LogP contribution in [0.2, 0.25) is 0 Å². The zero-order valence-corrected chi connectivity index (χ0v) is 8.52. The van der Waals surface area contributed by atoms with Gasteiger partial charge in [-0.05, 0) is 12.0 Å². The summed E-state index contributed by atoms with van der Waals surface area (Å²) in [4.78, 5) is 4.38. The highest BCUT2D eigenvalue weighted by Crippen LogP contribution is 2.26. The maximum Gasteiger partial charge on any atom is 0.158 e. The maximum atomic E-state index is 9.69. The van der Waals surface area contributed by atoms with Gasteiger partial charge in [-0.1, -0.05) is 13.8 Å². The number of rotatable bonds is 1. The van der Waals surface area contributed by atoms with Crippen molar-refractivity contribution in [3.8, 4) is 5.75 Å². The molecule has 0 amide bonds. The van der Waals surface area contributed by atoms with Gasteiger partial charge in [-0.15, -0.1) is 0 Å². The Morgan fingerprint density at radius 2 is 2.14 bits per heavy atom. The molecule has 0 bridgehead atoms. The fourth-order valence-corrected chi connectivity index (χ4v) is 1.50. The van der Waals surface area contributed by atoms with E-state index in [1.165, 1.54) is 0 Å². The molecule has 0 saturated heterocycles. The molecule has 0 aromatic carbocycles. The molecule has 0 radical (unpaired) electrons. The minimum Gasteiger partial charge on any atom is -0.506 e. The van der Waals surface area contributed by atoms with Gasteiger partial charge >= 0.3 is 0 Å². The van der Waals surface area contributed by atoms with Crippen LogP contribution in [0.25, 0.3) is 11.0 Å². The summed E-state index contributed by atoms with van der Waals surface area (Å²) in [6.45, 7) is 4.01. The number of fused-ring (bicyclic) bond motifs is 1. The lowest BCUT2D eigenvalue weighted by molar-refractivity contribution is 0.461. The van der Waals surface area contributed by atoms with Crippen molar-refractivity contribution in [3.05, 3.63) is 18.0 Å². The second-order valence-corrected chi connectivity index (χ2v) is 3.73. The summed E-state index contributed by atoms with van der Waals surface area (Å²) in [7, 11) is 1.84. The number of pyridine rings is 1. The predicted molar refractivity (Wildman–Crippen MR) is 54.3 cm³/mol. The number of aryl methyl sites for hydroxylation is 1. The van der Waals surface area contributed by atoms with Crippen molar-refractivity contribution in [2.45, 2.75) is 19.8 Å². The average Bonchev–Trinajstić information content (AvgIpc) is 2.46. The summed E-state index contributed by atoms with van der Waals surface area (Å²) in [6, 6.07) is 1.71. The van der Waals surface area contributed by atoms with Crippen LogP contribution in [-0.2, 0) is 7.05 Å². The van der Waals surface area contributed by atoms with Crippen LogP contribution in [0, 0.1) is 0 Å². The minimum atomic E-state index is 0.217. The molecule has 2 aromatic rings. The molecule has 14 heavy (non-hydrogen) atoms. The van der Waals surface area contributed by atoms with E-state index in [2.05, 4.69) is 10.1 Å². The van der Waals surface area contributed by atoms with Crippen molar-refractivity contribution in [1.82, 2.24) is 14.8 Å². The third-order valence-corrected chi connectivity index (χ3v) is 2.26. The molecule has 0 aliphatic heterocycles. The van der Waals surface area contributed by atoms with E-state index in [1.54, 1.807) is 16.9 Å². The lowest BCUT2D eigenvalue weighted by Gasteiger charge is -2.07. The first-order chi connectivity index (χ1) is 6.59. The van der Waals surface area contributed by atoms with Crippen molar-refractivity contribution in [2.75, 3.05) is 0 Å². The molecule has 2 rings (SSSR count). The number of nitrogens with zero attached hydrogens (tertiary/aromatic N) is 3. The lowest BCUT2D eigenvalue weighted by Crippen LogP contribution is -1.97. The third-order valence-electron chi connectivity index (χ3n) is 2.26. The van der Waals surface area contributed by atoms with Gasteiger partial charge in [-0.2, -0.15) is 5.10 Å². The van der Waals surface area contributed by atoms with Crippen molar-refractivity contribution >= 4 is 11.0 Å². The average molecular weight is 191 g/mol.